The zero-order chi connectivity index (χ0) is 15.2. The van der Waals surface area contributed by atoms with Gasteiger partial charge in [0, 0.05) is 31.6 Å². The number of hydrogen-bond acceptors (Lipinski definition) is 2. The van der Waals surface area contributed by atoms with Crippen LogP contribution < -0.4 is 15.0 Å². The van der Waals surface area contributed by atoms with E-state index in [-0.39, 0.29) is 0 Å². The lowest BCUT2D eigenvalue weighted by molar-refractivity contribution is -0.885. The maximum atomic E-state index is 5.53. The summed E-state index contributed by atoms with van der Waals surface area (Å²) in [5, 5.41) is 4.11. The van der Waals surface area contributed by atoms with Crippen molar-refractivity contribution in [1.29, 1.82) is 0 Å². The number of likely N-dealkylation sites (tertiary alicyclic amines) is 1. The molecule has 1 saturated heterocycles. The molecule has 1 aliphatic rings. The minimum absolute atomic E-state index is 0.552. The van der Waals surface area contributed by atoms with E-state index in [0.29, 0.717) is 12.6 Å². The average Bonchev–Trinajstić information content (AvgIpc) is 2.49. The molecule has 0 bridgehead atoms. The Labute approximate surface area is 133 Å². The van der Waals surface area contributed by atoms with Gasteiger partial charge in [0.2, 0.25) is 0 Å². The summed E-state index contributed by atoms with van der Waals surface area (Å²) in [6, 6.07) is 8.49. The molecular formula is C16H26N3OS+. The van der Waals surface area contributed by atoms with Crippen LogP contribution in [0.5, 0.6) is 5.75 Å². The van der Waals surface area contributed by atoms with Crippen molar-refractivity contribution < 1.29 is 9.64 Å². The van der Waals surface area contributed by atoms with Gasteiger partial charge in [-0.1, -0.05) is 0 Å². The van der Waals surface area contributed by atoms with E-state index in [2.05, 4.69) is 24.3 Å². The average molecular weight is 308 g/mol. The van der Waals surface area contributed by atoms with Crippen molar-refractivity contribution in [1.82, 2.24) is 4.90 Å². The second-order valence-corrected chi connectivity index (χ2v) is 6.07. The molecule has 0 unspecified atom stereocenters. The number of nitrogens with zero attached hydrogens (tertiary/aromatic N) is 1. The number of rotatable bonds is 4. The van der Waals surface area contributed by atoms with E-state index in [1.54, 1.807) is 4.90 Å². The predicted octanol–water partition coefficient (Wildman–Crippen LogP) is 1.39. The zero-order valence-electron chi connectivity index (χ0n) is 13.2. The van der Waals surface area contributed by atoms with Crippen LogP contribution in [0.1, 0.15) is 19.8 Å². The van der Waals surface area contributed by atoms with Crippen LogP contribution in [-0.4, -0.2) is 49.8 Å². The van der Waals surface area contributed by atoms with Crippen LogP contribution in [-0.2, 0) is 0 Å². The van der Waals surface area contributed by atoms with Gasteiger partial charge in [-0.2, -0.15) is 0 Å². The van der Waals surface area contributed by atoms with E-state index in [9.17, 15) is 0 Å². The van der Waals surface area contributed by atoms with Crippen LogP contribution in [0, 0.1) is 0 Å². The molecule has 0 atom stereocenters. The van der Waals surface area contributed by atoms with Crippen LogP contribution in [0.15, 0.2) is 24.3 Å². The van der Waals surface area contributed by atoms with Gasteiger partial charge in [0.15, 0.2) is 5.11 Å². The fourth-order valence-electron chi connectivity index (χ4n) is 2.66. The molecule has 116 valence electrons. The van der Waals surface area contributed by atoms with Crippen molar-refractivity contribution in [3.63, 3.8) is 0 Å². The second kappa shape index (κ2) is 7.61. The van der Waals surface area contributed by atoms with Crippen molar-refractivity contribution in [3.05, 3.63) is 24.3 Å². The Hall–Kier alpha value is -1.33. The summed E-state index contributed by atoms with van der Waals surface area (Å²) >= 11 is 5.53. The van der Waals surface area contributed by atoms with E-state index >= 15 is 0 Å². The molecule has 0 saturated carbocycles. The number of thiocarbonyl (C=S) groups is 1. The largest absolute Gasteiger partial charge is 0.494 e. The summed E-state index contributed by atoms with van der Waals surface area (Å²) in [7, 11) is 4.35. The molecule has 2 rings (SSSR count). The molecule has 0 aromatic heterocycles. The SMILES string of the molecule is CCOc1ccc(NC(=S)N(C)C2CC[NH+](C)CC2)cc1. The van der Waals surface area contributed by atoms with Gasteiger partial charge >= 0.3 is 0 Å². The minimum atomic E-state index is 0.552. The number of hydrogen-bond donors (Lipinski definition) is 2. The first-order chi connectivity index (χ1) is 10.1. The molecule has 0 radical (unpaired) electrons. The minimum Gasteiger partial charge on any atom is -0.494 e. The van der Waals surface area contributed by atoms with Crippen molar-refractivity contribution in [2.24, 2.45) is 0 Å². The molecule has 1 heterocycles. The Bertz CT molecular complexity index is 455. The third-order valence-electron chi connectivity index (χ3n) is 4.09. The highest BCUT2D eigenvalue weighted by atomic mass is 32.1. The van der Waals surface area contributed by atoms with E-state index < -0.39 is 0 Å². The van der Waals surface area contributed by atoms with Gasteiger partial charge in [-0.3, -0.25) is 0 Å². The molecule has 4 nitrogen and oxygen atoms in total. The van der Waals surface area contributed by atoms with Gasteiger partial charge < -0.3 is 19.9 Å². The van der Waals surface area contributed by atoms with Gasteiger partial charge in [-0.15, -0.1) is 0 Å². The Morgan fingerprint density at radius 1 is 1.33 bits per heavy atom. The number of ether oxygens (including phenoxy) is 1. The first-order valence-electron chi connectivity index (χ1n) is 7.68. The maximum absolute atomic E-state index is 5.53. The molecule has 1 fully saturated rings. The van der Waals surface area contributed by atoms with Crippen LogP contribution >= 0.6 is 12.2 Å². The highest BCUT2D eigenvalue weighted by Gasteiger charge is 2.24. The van der Waals surface area contributed by atoms with E-state index in [1.807, 2.05) is 31.2 Å². The Morgan fingerprint density at radius 2 is 1.95 bits per heavy atom. The Kier molecular flexibility index (Phi) is 5.82. The molecule has 2 N–H and O–H groups in total. The van der Waals surface area contributed by atoms with Gasteiger partial charge in [-0.25, -0.2) is 0 Å². The lowest BCUT2D eigenvalue weighted by Gasteiger charge is -2.34. The van der Waals surface area contributed by atoms with Crippen molar-refractivity contribution >= 4 is 23.0 Å². The molecule has 1 aromatic rings. The highest BCUT2D eigenvalue weighted by Crippen LogP contribution is 2.17. The first-order valence-corrected chi connectivity index (χ1v) is 8.09. The first kappa shape index (κ1) is 16.0. The molecule has 0 amide bonds. The van der Waals surface area contributed by atoms with Gasteiger partial charge in [0.05, 0.1) is 26.7 Å². The number of benzene rings is 1. The van der Waals surface area contributed by atoms with Crippen LogP contribution in [0.25, 0.3) is 0 Å². The zero-order valence-corrected chi connectivity index (χ0v) is 14.0. The summed E-state index contributed by atoms with van der Waals surface area (Å²) in [6.45, 7) is 5.12. The van der Waals surface area contributed by atoms with Gasteiger partial charge in [0.25, 0.3) is 0 Å². The topological polar surface area (TPSA) is 28.9 Å². The standard InChI is InChI=1S/C16H25N3OS/c1-4-20-15-7-5-13(6-8-15)17-16(21)19(3)14-9-11-18(2)12-10-14/h5-8,14H,4,9-12H2,1-3H3,(H,17,21)/p+1. The molecule has 0 aliphatic carbocycles. The third-order valence-corrected chi connectivity index (χ3v) is 4.48. The summed E-state index contributed by atoms with van der Waals surface area (Å²) in [5.41, 5.74) is 1.01. The van der Waals surface area contributed by atoms with Crippen LogP contribution in [0.3, 0.4) is 0 Å². The highest BCUT2D eigenvalue weighted by molar-refractivity contribution is 7.80. The second-order valence-electron chi connectivity index (χ2n) is 5.69. The molecule has 1 aliphatic heterocycles. The Balaban J connectivity index is 1.88. The van der Waals surface area contributed by atoms with E-state index in [4.69, 9.17) is 17.0 Å². The molecule has 21 heavy (non-hydrogen) atoms. The van der Waals surface area contributed by atoms with Gasteiger partial charge in [-0.05, 0) is 43.4 Å². The Morgan fingerprint density at radius 3 is 2.52 bits per heavy atom. The van der Waals surface area contributed by atoms with E-state index in [1.165, 1.54) is 25.9 Å². The molecule has 5 heteroatoms. The fraction of sp³-hybridized carbons (Fsp3) is 0.562. The summed E-state index contributed by atoms with van der Waals surface area (Å²) in [5.74, 6) is 0.889. The fourth-order valence-corrected chi connectivity index (χ4v) is 2.93. The van der Waals surface area contributed by atoms with Crippen LogP contribution in [0.4, 0.5) is 5.69 Å². The number of anilines is 1. The summed E-state index contributed by atoms with van der Waals surface area (Å²) in [4.78, 5) is 3.82. The monoisotopic (exact) mass is 308 g/mol. The summed E-state index contributed by atoms with van der Waals surface area (Å²) < 4.78 is 5.45. The third kappa shape index (κ3) is 4.58. The van der Waals surface area contributed by atoms with Crippen molar-refractivity contribution in [3.8, 4) is 5.75 Å². The quantitative estimate of drug-likeness (QED) is 0.823. The number of quaternary nitrogens is 1. The maximum Gasteiger partial charge on any atom is 0.173 e. The van der Waals surface area contributed by atoms with Crippen molar-refractivity contribution in [2.45, 2.75) is 25.8 Å². The van der Waals surface area contributed by atoms with Crippen LogP contribution in [0.2, 0.25) is 0 Å². The smallest absolute Gasteiger partial charge is 0.173 e. The predicted molar refractivity (Wildman–Crippen MR) is 91.2 cm³/mol. The van der Waals surface area contributed by atoms with Gasteiger partial charge in [0.1, 0.15) is 5.75 Å². The molecular weight excluding hydrogens is 282 g/mol. The normalized spacial score (nSPS) is 21.7. The lowest BCUT2D eigenvalue weighted by atomic mass is 10.0. The summed E-state index contributed by atoms with van der Waals surface area (Å²) in [6.07, 6.45) is 2.40. The number of piperidine rings is 1. The molecule has 0 spiro atoms. The molecule has 1 aromatic carbocycles. The van der Waals surface area contributed by atoms with E-state index in [0.717, 1.165) is 16.5 Å². The number of nitrogens with one attached hydrogen (secondary N) is 2. The lowest BCUT2D eigenvalue weighted by Crippen LogP contribution is -3.10. The van der Waals surface area contributed by atoms with Crippen molar-refractivity contribution in [2.75, 3.05) is 39.1 Å².